The maximum atomic E-state index is 12.0. The third kappa shape index (κ3) is 7.74. The maximum absolute atomic E-state index is 12.0. The van der Waals surface area contributed by atoms with Crippen molar-refractivity contribution in [2.45, 2.75) is 19.5 Å². The number of likely N-dealkylation sites (N-methyl/N-ethyl adjacent to an activating group) is 1. The summed E-state index contributed by atoms with van der Waals surface area (Å²) in [5.41, 5.74) is 2.05. The standard InChI is InChI=1S/C22H30N4O3.HI/c1-16(17-9-7-6-8-10-17)25-22(24-15-21(27)26(2)3)23-14-18-11-12-19(28-4)13-20(18)29-5;/h6-13,16H,14-15H2,1-5H3,(H2,23,24,25);1H. The van der Waals surface area contributed by atoms with Gasteiger partial charge in [0.25, 0.3) is 0 Å². The molecule has 0 radical (unpaired) electrons. The zero-order valence-electron chi connectivity index (χ0n) is 18.1. The van der Waals surface area contributed by atoms with Crippen LogP contribution in [0.2, 0.25) is 0 Å². The highest BCUT2D eigenvalue weighted by atomic mass is 127. The molecular weight excluding hydrogens is 495 g/mol. The predicted molar refractivity (Wildman–Crippen MR) is 131 cm³/mol. The Kier molecular flexibility index (Phi) is 11.0. The summed E-state index contributed by atoms with van der Waals surface area (Å²) in [5, 5.41) is 6.47. The molecule has 1 unspecified atom stereocenters. The lowest BCUT2D eigenvalue weighted by atomic mass is 10.1. The molecule has 2 aromatic rings. The second-order valence-corrected chi connectivity index (χ2v) is 6.76. The number of rotatable bonds is 8. The first-order valence-electron chi connectivity index (χ1n) is 9.45. The number of guanidine groups is 1. The van der Waals surface area contributed by atoms with E-state index in [0.717, 1.165) is 16.9 Å². The minimum Gasteiger partial charge on any atom is -0.497 e. The molecule has 1 amide bonds. The average molecular weight is 526 g/mol. The number of carbonyl (C=O) groups is 1. The third-order valence-corrected chi connectivity index (χ3v) is 4.46. The van der Waals surface area contributed by atoms with E-state index in [9.17, 15) is 4.79 Å². The predicted octanol–water partition coefficient (Wildman–Crippen LogP) is 3.21. The molecule has 30 heavy (non-hydrogen) atoms. The van der Waals surface area contributed by atoms with E-state index in [0.29, 0.717) is 18.3 Å². The number of halogens is 1. The first-order valence-corrected chi connectivity index (χ1v) is 9.45. The summed E-state index contributed by atoms with van der Waals surface area (Å²) in [6.45, 7) is 2.59. The van der Waals surface area contributed by atoms with Crippen molar-refractivity contribution < 1.29 is 14.3 Å². The molecule has 0 aliphatic rings. The lowest BCUT2D eigenvalue weighted by Crippen LogP contribution is -2.43. The lowest BCUT2D eigenvalue weighted by molar-refractivity contribution is -0.127. The van der Waals surface area contributed by atoms with Crippen molar-refractivity contribution in [3.05, 3.63) is 59.7 Å². The van der Waals surface area contributed by atoms with Gasteiger partial charge in [-0.2, -0.15) is 0 Å². The molecule has 2 rings (SSSR count). The van der Waals surface area contributed by atoms with Crippen LogP contribution in [0.1, 0.15) is 24.1 Å². The molecule has 2 aromatic carbocycles. The van der Waals surface area contributed by atoms with E-state index in [1.165, 1.54) is 4.90 Å². The monoisotopic (exact) mass is 526 g/mol. The fourth-order valence-corrected chi connectivity index (χ4v) is 2.65. The average Bonchev–Trinajstić information content (AvgIpc) is 2.75. The van der Waals surface area contributed by atoms with Crippen LogP contribution in [0, 0.1) is 0 Å². The molecule has 0 spiro atoms. The van der Waals surface area contributed by atoms with Gasteiger partial charge in [-0.3, -0.25) is 4.79 Å². The smallest absolute Gasteiger partial charge is 0.241 e. The second-order valence-electron chi connectivity index (χ2n) is 6.76. The Morgan fingerprint density at radius 3 is 2.40 bits per heavy atom. The molecule has 0 bridgehead atoms. The van der Waals surface area contributed by atoms with E-state index in [2.05, 4.69) is 15.6 Å². The van der Waals surface area contributed by atoms with Crippen molar-refractivity contribution in [3.63, 3.8) is 0 Å². The van der Waals surface area contributed by atoms with Crippen LogP contribution in [0.4, 0.5) is 0 Å². The van der Waals surface area contributed by atoms with E-state index in [1.54, 1.807) is 28.3 Å². The fourth-order valence-electron chi connectivity index (χ4n) is 2.65. The van der Waals surface area contributed by atoms with Crippen LogP contribution >= 0.6 is 24.0 Å². The molecule has 0 saturated heterocycles. The van der Waals surface area contributed by atoms with Crippen LogP contribution < -0.4 is 20.1 Å². The number of hydrogen-bond donors (Lipinski definition) is 2. The van der Waals surface area contributed by atoms with Gasteiger partial charge in [0.15, 0.2) is 5.96 Å². The van der Waals surface area contributed by atoms with Crippen LogP contribution in [-0.2, 0) is 11.3 Å². The van der Waals surface area contributed by atoms with E-state index >= 15 is 0 Å². The van der Waals surface area contributed by atoms with E-state index < -0.39 is 0 Å². The summed E-state index contributed by atoms with van der Waals surface area (Å²) in [4.78, 5) is 18.2. The molecule has 0 aromatic heterocycles. The molecule has 0 fully saturated rings. The highest BCUT2D eigenvalue weighted by molar-refractivity contribution is 14.0. The van der Waals surface area contributed by atoms with Crippen LogP contribution in [-0.4, -0.2) is 51.6 Å². The van der Waals surface area contributed by atoms with Crippen molar-refractivity contribution in [2.24, 2.45) is 4.99 Å². The Labute approximate surface area is 195 Å². The second kappa shape index (κ2) is 12.9. The highest BCUT2D eigenvalue weighted by Gasteiger charge is 2.11. The molecule has 1 atom stereocenters. The van der Waals surface area contributed by atoms with Crippen molar-refractivity contribution in [1.29, 1.82) is 0 Å². The minimum absolute atomic E-state index is 0. The van der Waals surface area contributed by atoms with Gasteiger partial charge in [-0.15, -0.1) is 24.0 Å². The summed E-state index contributed by atoms with van der Waals surface area (Å²) < 4.78 is 10.7. The summed E-state index contributed by atoms with van der Waals surface area (Å²) in [6.07, 6.45) is 0. The molecular formula is C22H31IN4O3. The number of nitrogens with one attached hydrogen (secondary N) is 2. The molecule has 2 N–H and O–H groups in total. The van der Waals surface area contributed by atoms with Gasteiger partial charge in [0, 0.05) is 25.7 Å². The number of hydrogen-bond acceptors (Lipinski definition) is 4. The Hall–Kier alpha value is -2.49. The van der Waals surface area contributed by atoms with Gasteiger partial charge in [0.1, 0.15) is 11.5 Å². The Bertz CT molecular complexity index is 828. The van der Waals surface area contributed by atoms with Crippen molar-refractivity contribution in [3.8, 4) is 11.5 Å². The van der Waals surface area contributed by atoms with Gasteiger partial charge in [0.2, 0.25) is 5.91 Å². The normalized spacial score (nSPS) is 11.7. The van der Waals surface area contributed by atoms with Crippen LogP contribution in [0.3, 0.4) is 0 Å². The first-order chi connectivity index (χ1) is 13.9. The number of methoxy groups -OCH3 is 2. The number of nitrogens with zero attached hydrogens (tertiary/aromatic N) is 2. The third-order valence-electron chi connectivity index (χ3n) is 4.46. The molecule has 0 aliphatic carbocycles. The Morgan fingerprint density at radius 2 is 1.80 bits per heavy atom. The molecule has 0 heterocycles. The van der Waals surface area contributed by atoms with Crippen LogP contribution in [0.5, 0.6) is 11.5 Å². The van der Waals surface area contributed by atoms with E-state index in [4.69, 9.17) is 9.47 Å². The topological polar surface area (TPSA) is 75.2 Å². The van der Waals surface area contributed by atoms with Crippen molar-refractivity contribution >= 4 is 35.8 Å². The SMILES string of the molecule is COc1ccc(CN=C(NCC(=O)N(C)C)NC(C)c2ccccc2)c(OC)c1.I. The molecule has 0 aliphatic heterocycles. The van der Waals surface area contributed by atoms with Crippen molar-refractivity contribution in [1.82, 2.24) is 15.5 Å². The fraction of sp³-hybridized carbons (Fsp3) is 0.364. The zero-order chi connectivity index (χ0) is 21.2. The number of amides is 1. The van der Waals surface area contributed by atoms with Crippen LogP contribution in [0.25, 0.3) is 0 Å². The summed E-state index contributed by atoms with van der Waals surface area (Å²) in [6, 6.07) is 15.7. The summed E-state index contributed by atoms with van der Waals surface area (Å²) in [5.74, 6) is 1.94. The van der Waals surface area contributed by atoms with Gasteiger partial charge in [-0.1, -0.05) is 30.3 Å². The molecule has 164 valence electrons. The quantitative estimate of drug-likeness (QED) is 0.314. The Balaban J connectivity index is 0.00000450. The maximum Gasteiger partial charge on any atom is 0.241 e. The van der Waals surface area contributed by atoms with Crippen LogP contribution in [0.15, 0.2) is 53.5 Å². The lowest BCUT2D eigenvalue weighted by Gasteiger charge is -2.20. The molecule has 0 saturated carbocycles. The van der Waals surface area contributed by atoms with Crippen molar-refractivity contribution in [2.75, 3.05) is 34.9 Å². The zero-order valence-corrected chi connectivity index (χ0v) is 20.5. The van der Waals surface area contributed by atoms with E-state index in [-0.39, 0.29) is 42.5 Å². The summed E-state index contributed by atoms with van der Waals surface area (Å²) >= 11 is 0. The van der Waals surface area contributed by atoms with E-state index in [1.807, 2.05) is 55.5 Å². The van der Waals surface area contributed by atoms with Gasteiger partial charge >= 0.3 is 0 Å². The van der Waals surface area contributed by atoms with Gasteiger partial charge in [-0.25, -0.2) is 4.99 Å². The van der Waals surface area contributed by atoms with Gasteiger partial charge in [-0.05, 0) is 24.6 Å². The number of aliphatic imine (C=N–C) groups is 1. The number of benzene rings is 2. The van der Waals surface area contributed by atoms with Gasteiger partial charge < -0.3 is 25.0 Å². The number of carbonyl (C=O) groups excluding carboxylic acids is 1. The Morgan fingerprint density at radius 1 is 1.10 bits per heavy atom. The largest absolute Gasteiger partial charge is 0.497 e. The number of ether oxygens (including phenoxy) is 2. The first kappa shape index (κ1) is 25.5. The molecule has 8 heteroatoms. The summed E-state index contributed by atoms with van der Waals surface area (Å²) in [7, 11) is 6.68. The molecule has 7 nitrogen and oxygen atoms in total. The minimum atomic E-state index is -0.0334. The van der Waals surface area contributed by atoms with Gasteiger partial charge in [0.05, 0.1) is 33.4 Å². The highest BCUT2D eigenvalue weighted by Crippen LogP contribution is 2.25.